The van der Waals surface area contributed by atoms with Crippen LogP contribution in [0.4, 0.5) is 4.79 Å². The van der Waals surface area contributed by atoms with Crippen LogP contribution >= 0.6 is 0 Å². The fourth-order valence-electron chi connectivity index (χ4n) is 4.25. The molecule has 1 N–H and O–H groups in total. The van der Waals surface area contributed by atoms with Crippen molar-refractivity contribution in [3.63, 3.8) is 0 Å². The van der Waals surface area contributed by atoms with E-state index in [2.05, 4.69) is 12.1 Å². The minimum absolute atomic E-state index is 0.107. The Morgan fingerprint density at radius 1 is 1.00 bits per heavy atom. The molecule has 1 aromatic carbocycles. The lowest BCUT2D eigenvalue weighted by molar-refractivity contribution is -0.919. The number of likely N-dealkylation sites (tertiary alicyclic amines) is 1. The van der Waals surface area contributed by atoms with Gasteiger partial charge in [-0.15, -0.1) is 0 Å². The number of rotatable bonds is 6. The number of hydrogen-bond acceptors (Lipinski definition) is 4. The zero-order valence-electron chi connectivity index (χ0n) is 17.7. The van der Waals surface area contributed by atoms with Crippen molar-refractivity contribution < 1.29 is 24.0 Å². The minimum Gasteiger partial charge on any atom is -0.493 e. The van der Waals surface area contributed by atoms with Crippen LogP contribution in [0.2, 0.25) is 0 Å². The maximum atomic E-state index is 12.9. The second-order valence-corrected chi connectivity index (χ2v) is 7.75. The summed E-state index contributed by atoms with van der Waals surface area (Å²) >= 11 is 0. The number of nitrogens with zero attached hydrogens (tertiary/aromatic N) is 2. The number of carbonyl (C=O) groups is 2. The van der Waals surface area contributed by atoms with Gasteiger partial charge in [0.15, 0.2) is 0 Å². The Kier molecular flexibility index (Phi) is 7.75. The van der Waals surface area contributed by atoms with Gasteiger partial charge in [0.2, 0.25) is 5.91 Å². The maximum Gasteiger partial charge on any atom is 0.409 e. The van der Waals surface area contributed by atoms with Gasteiger partial charge in [0.25, 0.3) is 0 Å². The molecule has 2 amide bonds. The van der Waals surface area contributed by atoms with Crippen molar-refractivity contribution in [1.82, 2.24) is 9.80 Å². The van der Waals surface area contributed by atoms with E-state index in [1.807, 2.05) is 30.9 Å². The van der Waals surface area contributed by atoms with E-state index in [9.17, 15) is 9.59 Å². The van der Waals surface area contributed by atoms with Gasteiger partial charge in [-0.25, -0.2) is 4.79 Å². The molecule has 0 saturated carbocycles. The van der Waals surface area contributed by atoms with Crippen molar-refractivity contribution in [2.75, 3.05) is 52.5 Å². The van der Waals surface area contributed by atoms with E-state index in [4.69, 9.17) is 9.47 Å². The van der Waals surface area contributed by atoms with Crippen LogP contribution in [0, 0.1) is 5.92 Å². The first-order valence-electron chi connectivity index (χ1n) is 10.9. The SMILES string of the molecule is CCOC(=O)N1CCN(C(=O)C2CC[NH+](Cc3ccccc3OCC)CC2)CC1. The molecule has 0 aliphatic carbocycles. The predicted octanol–water partition coefficient (Wildman–Crippen LogP) is 1.18. The fraction of sp³-hybridized carbons (Fsp3) is 0.636. The Labute approximate surface area is 173 Å². The van der Waals surface area contributed by atoms with Crippen LogP contribution in [-0.2, 0) is 16.1 Å². The monoisotopic (exact) mass is 404 g/mol. The Hall–Kier alpha value is -2.28. The molecule has 7 nitrogen and oxygen atoms in total. The summed E-state index contributed by atoms with van der Waals surface area (Å²) in [6.07, 6.45) is 1.57. The molecule has 0 unspecified atom stereocenters. The van der Waals surface area contributed by atoms with Crippen molar-refractivity contribution in [2.24, 2.45) is 5.92 Å². The molecule has 2 aliphatic heterocycles. The fourth-order valence-corrected chi connectivity index (χ4v) is 4.25. The summed E-state index contributed by atoms with van der Waals surface area (Å²) < 4.78 is 10.8. The summed E-state index contributed by atoms with van der Waals surface area (Å²) in [5, 5.41) is 0. The zero-order valence-corrected chi connectivity index (χ0v) is 17.7. The molecule has 0 spiro atoms. The number of para-hydroxylation sites is 1. The highest BCUT2D eigenvalue weighted by Crippen LogP contribution is 2.19. The number of hydrogen-bond donors (Lipinski definition) is 1. The molecular formula is C22H34N3O4+. The highest BCUT2D eigenvalue weighted by molar-refractivity contribution is 5.79. The lowest BCUT2D eigenvalue weighted by atomic mass is 9.94. The first-order chi connectivity index (χ1) is 14.1. The van der Waals surface area contributed by atoms with Gasteiger partial charge in [-0.3, -0.25) is 4.79 Å². The van der Waals surface area contributed by atoms with Gasteiger partial charge in [0.05, 0.1) is 26.3 Å². The van der Waals surface area contributed by atoms with Crippen LogP contribution < -0.4 is 9.64 Å². The first kappa shape index (κ1) is 21.4. The number of ether oxygens (including phenoxy) is 2. The van der Waals surface area contributed by atoms with Gasteiger partial charge in [0, 0.05) is 50.5 Å². The number of piperazine rings is 1. The average molecular weight is 405 g/mol. The van der Waals surface area contributed by atoms with E-state index >= 15 is 0 Å². The van der Waals surface area contributed by atoms with Crippen LogP contribution in [0.3, 0.4) is 0 Å². The first-order valence-corrected chi connectivity index (χ1v) is 10.9. The van der Waals surface area contributed by atoms with Gasteiger partial charge >= 0.3 is 6.09 Å². The number of benzene rings is 1. The minimum atomic E-state index is -0.274. The molecule has 0 aromatic heterocycles. The molecule has 2 aliphatic rings. The Balaban J connectivity index is 1.45. The van der Waals surface area contributed by atoms with Crippen molar-refractivity contribution in [3.8, 4) is 5.75 Å². The van der Waals surface area contributed by atoms with Crippen LogP contribution in [-0.4, -0.2) is 74.3 Å². The number of quaternary nitrogens is 1. The van der Waals surface area contributed by atoms with Crippen LogP contribution in [0.25, 0.3) is 0 Å². The van der Waals surface area contributed by atoms with Gasteiger partial charge in [0.1, 0.15) is 12.3 Å². The zero-order chi connectivity index (χ0) is 20.6. The maximum absolute atomic E-state index is 12.9. The number of nitrogens with one attached hydrogen (secondary N) is 1. The van der Waals surface area contributed by atoms with E-state index in [1.165, 1.54) is 10.5 Å². The number of amides is 2. The Morgan fingerprint density at radius 2 is 1.66 bits per heavy atom. The standard InChI is InChI=1S/C22H33N3O4/c1-3-28-20-8-6-5-7-19(20)17-23-11-9-18(10-12-23)21(26)24-13-15-25(16-14-24)22(27)29-4-2/h5-8,18H,3-4,9-17H2,1-2H3/p+1. The Morgan fingerprint density at radius 3 is 2.31 bits per heavy atom. The van der Waals surface area contributed by atoms with Crippen molar-refractivity contribution >= 4 is 12.0 Å². The van der Waals surface area contributed by atoms with Gasteiger partial charge in [-0.2, -0.15) is 0 Å². The molecular weight excluding hydrogens is 370 g/mol. The van der Waals surface area contributed by atoms with Gasteiger partial charge in [-0.05, 0) is 26.0 Å². The van der Waals surface area contributed by atoms with Crippen LogP contribution in [0.5, 0.6) is 5.75 Å². The van der Waals surface area contributed by atoms with E-state index in [-0.39, 0.29) is 17.9 Å². The van der Waals surface area contributed by atoms with Crippen molar-refractivity contribution in [3.05, 3.63) is 29.8 Å². The molecule has 2 heterocycles. The van der Waals surface area contributed by atoms with E-state index in [0.717, 1.165) is 38.2 Å². The summed E-state index contributed by atoms with van der Waals surface area (Å²) in [5.41, 5.74) is 1.24. The molecule has 2 saturated heterocycles. The lowest BCUT2D eigenvalue weighted by Crippen LogP contribution is -3.11. The molecule has 0 radical (unpaired) electrons. The summed E-state index contributed by atoms with van der Waals surface area (Å²) in [7, 11) is 0. The highest BCUT2D eigenvalue weighted by Gasteiger charge is 2.33. The van der Waals surface area contributed by atoms with Crippen molar-refractivity contribution in [2.45, 2.75) is 33.2 Å². The molecule has 3 rings (SSSR count). The van der Waals surface area contributed by atoms with E-state index in [0.29, 0.717) is 39.4 Å². The van der Waals surface area contributed by atoms with Gasteiger partial charge in [-0.1, -0.05) is 12.1 Å². The number of piperidine rings is 1. The second kappa shape index (κ2) is 10.5. The number of carbonyl (C=O) groups excluding carboxylic acids is 2. The topological polar surface area (TPSA) is 63.5 Å². The lowest BCUT2D eigenvalue weighted by Gasteiger charge is -2.37. The molecule has 0 atom stereocenters. The predicted molar refractivity (Wildman–Crippen MR) is 110 cm³/mol. The summed E-state index contributed by atoms with van der Waals surface area (Å²) in [6, 6.07) is 8.24. The third kappa shape index (κ3) is 5.63. The normalized spacial score (nSPS) is 22.3. The summed E-state index contributed by atoms with van der Waals surface area (Å²) in [5.74, 6) is 1.33. The van der Waals surface area contributed by atoms with Gasteiger partial charge < -0.3 is 24.2 Å². The molecule has 1 aromatic rings. The van der Waals surface area contributed by atoms with Crippen molar-refractivity contribution in [1.29, 1.82) is 0 Å². The summed E-state index contributed by atoms with van der Waals surface area (Å²) in [4.78, 5) is 29.9. The Bertz CT molecular complexity index is 680. The van der Waals surface area contributed by atoms with E-state index in [1.54, 1.807) is 4.90 Å². The molecule has 29 heavy (non-hydrogen) atoms. The highest BCUT2D eigenvalue weighted by atomic mass is 16.6. The quantitative estimate of drug-likeness (QED) is 0.774. The van der Waals surface area contributed by atoms with Crippen LogP contribution in [0.1, 0.15) is 32.3 Å². The average Bonchev–Trinajstić information content (AvgIpc) is 2.76. The molecule has 2 fully saturated rings. The molecule has 160 valence electrons. The summed E-state index contributed by atoms with van der Waals surface area (Å²) in [6.45, 7) is 10.1. The largest absolute Gasteiger partial charge is 0.493 e. The third-order valence-corrected chi connectivity index (χ3v) is 5.87. The molecule has 0 bridgehead atoms. The second-order valence-electron chi connectivity index (χ2n) is 7.75. The molecule has 7 heteroatoms. The van der Waals surface area contributed by atoms with Crippen LogP contribution in [0.15, 0.2) is 24.3 Å². The smallest absolute Gasteiger partial charge is 0.409 e. The van der Waals surface area contributed by atoms with E-state index < -0.39 is 0 Å². The third-order valence-electron chi connectivity index (χ3n) is 5.87.